The third-order valence-electron chi connectivity index (χ3n) is 4.73. The van der Waals surface area contributed by atoms with Crippen LogP contribution in [-0.2, 0) is 6.54 Å². The van der Waals surface area contributed by atoms with E-state index in [1.165, 1.54) is 0 Å². The Hall–Kier alpha value is -1.79. The summed E-state index contributed by atoms with van der Waals surface area (Å²) >= 11 is 0. The molecule has 1 aliphatic heterocycles. The van der Waals surface area contributed by atoms with Gasteiger partial charge >= 0.3 is 0 Å². The summed E-state index contributed by atoms with van der Waals surface area (Å²) < 4.78 is 5.47. The van der Waals surface area contributed by atoms with Crippen molar-refractivity contribution in [1.82, 2.24) is 20.0 Å². The molecular weight excluding hydrogens is 314 g/mol. The molecule has 1 aromatic carbocycles. The lowest BCUT2D eigenvalue weighted by atomic mass is 10.2. The molecule has 0 aromatic heterocycles. The van der Waals surface area contributed by atoms with Gasteiger partial charge in [0.2, 0.25) is 0 Å². The quantitative estimate of drug-likeness (QED) is 0.621. The number of hydrogen-bond donors (Lipinski definition) is 1. The van der Waals surface area contributed by atoms with Crippen molar-refractivity contribution in [2.75, 3.05) is 61.0 Å². The van der Waals surface area contributed by atoms with Crippen molar-refractivity contribution in [3.8, 4) is 5.75 Å². The van der Waals surface area contributed by atoms with Crippen molar-refractivity contribution >= 4 is 5.96 Å². The third kappa shape index (κ3) is 5.61. The molecule has 1 atom stereocenters. The van der Waals surface area contributed by atoms with Crippen molar-refractivity contribution in [1.29, 1.82) is 0 Å². The molecule has 2 rings (SSSR count). The number of ether oxygens (including phenoxy) is 1. The highest BCUT2D eigenvalue weighted by Crippen LogP contribution is 2.18. The number of aliphatic imine (C=N–C) groups is 1. The fraction of sp³-hybridized carbons (Fsp3) is 0.632. The van der Waals surface area contributed by atoms with Crippen LogP contribution >= 0.6 is 0 Å². The van der Waals surface area contributed by atoms with Gasteiger partial charge in [-0.1, -0.05) is 18.2 Å². The first-order valence-electron chi connectivity index (χ1n) is 9.05. The van der Waals surface area contributed by atoms with Gasteiger partial charge in [0, 0.05) is 51.4 Å². The van der Waals surface area contributed by atoms with Crippen molar-refractivity contribution in [2.45, 2.75) is 19.5 Å². The molecule has 0 aliphatic carbocycles. The van der Waals surface area contributed by atoms with Crippen molar-refractivity contribution in [3.63, 3.8) is 0 Å². The molecule has 1 aromatic rings. The van der Waals surface area contributed by atoms with Gasteiger partial charge in [-0.05, 0) is 27.1 Å². The highest BCUT2D eigenvalue weighted by molar-refractivity contribution is 5.79. The van der Waals surface area contributed by atoms with E-state index in [1.54, 1.807) is 7.11 Å². The van der Waals surface area contributed by atoms with Crippen LogP contribution in [0.3, 0.4) is 0 Å². The van der Waals surface area contributed by atoms with Gasteiger partial charge in [0.25, 0.3) is 0 Å². The fourth-order valence-corrected chi connectivity index (χ4v) is 3.12. The van der Waals surface area contributed by atoms with Crippen LogP contribution in [0.1, 0.15) is 12.5 Å². The van der Waals surface area contributed by atoms with Gasteiger partial charge in [-0.3, -0.25) is 9.89 Å². The minimum Gasteiger partial charge on any atom is -0.496 e. The molecule has 140 valence electrons. The number of nitrogens with one attached hydrogen (secondary N) is 1. The van der Waals surface area contributed by atoms with Gasteiger partial charge in [0.05, 0.1) is 13.7 Å². The first-order valence-corrected chi connectivity index (χ1v) is 9.05. The van der Waals surface area contributed by atoms with Gasteiger partial charge < -0.3 is 19.9 Å². The average molecular weight is 348 g/mol. The van der Waals surface area contributed by atoms with Crippen LogP contribution in [0.2, 0.25) is 0 Å². The van der Waals surface area contributed by atoms with Crippen LogP contribution in [0.5, 0.6) is 5.75 Å². The van der Waals surface area contributed by atoms with Gasteiger partial charge in [-0.25, -0.2) is 0 Å². The maximum Gasteiger partial charge on any atom is 0.194 e. The molecule has 1 aliphatic rings. The number of para-hydroxylation sites is 1. The lowest BCUT2D eigenvalue weighted by molar-refractivity contribution is 0.119. The molecule has 1 saturated heterocycles. The number of rotatable bonds is 6. The van der Waals surface area contributed by atoms with E-state index < -0.39 is 0 Å². The Morgan fingerprint density at radius 2 is 2.08 bits per heavy atom. The normalized spacial score (nSPS) is 19.7. The molecular formula is C19H33N5O. The third-order valence-corrected chi connectivity index (χ3v) is 4.73. The maximum atomic E-state index is 5.47. The van der Waals surface area contributed by atoms with Gasteiger partial charge in [0.15, 0.2) is 5.96 Å². The SMILES string of the molecule is CCNC(=NCC1CN(C)CCN1C)N(C)Cc1ccccc1OC. The summed E-state index contributed by atoms with van der Waals surface area (Å²) in [6.07, 6.45) is 0. The molecule has 1 N–H and O–H groups in total. The molecule has 6 nitrogen and oxygen atoms in total. The number of benzene rings is 1. The van der Waals surface area contributed by atoms with Crippen molar-refractivity contribution < 1.29 is 4.74 Å². The van der Waals surface area contributed by atoms with E-state index >= 15 is 0 Å². The van der Waals surface area contributed by atoms with E-state index in [0.717, 1.165) is 56.5 Å². The Bertz CT molecular complexity index is 563. The van der Waals surface area contributed by atoms with Crippen LogP contribution in [0.25, 0.3) is 0 Å². The summed E-state index contributed by atoms with van der Waals surface area (Å²) in [4.78, 5) is 11.8. The molecule has 1 fully saturated rings. The number of piperazine rings is 1. The van der Waals surface area contributed by atoms with Crippen molar-refractivity contribution in [2.24, 2.45) is 4.99 Å². The lowest BCUT2D eigenvalue weighted by Gasteiger charge is -2.37. The van der Waals surface area contributed by atoms with E-state index in [1.807, 2.05) is 18.2 Å². The average Bonchev–Trinajstić information content (AvgIpc) is 2.61. The summed E-state index contributed by atoms with van der Waals surface area (Å²) in [5.74, 6) is 1.86. The Labute approximate surface area is 152 Å². The van der Waals surface area contributed by atoms with E-state index in [2.05, 4.69) is 54.1 Å². The highest BCUT2D eigenvalue weighted by Gasteiger charge is 2.22. The molecule has 25 heavy (non-hydrogen) atoms. The molecule has 1 unspecified atom stereocenters. The molecule has 6 heteroatoms. The number of likely N-dealkylation sites (N-methyl/N-ethyl adjacent to an activating group) is 2. The highest BCUT2D eigenvalue weighted by atomic mass is 16.5. The molecule has 1 heterocycles. The number of methoxy groups -OCH3 is 1. The molecule has 0 saturated carbocycles. The van der Waals surface area contributed by atoms with Crippen LogP contribution in [0, 0.1) is 0 Å². The Morgan fingerprint density at radius 1 is 1.32 bits per heavy atom. The minimum absolute atomic E-state index is 0.465. The van der Waals surface area contributed by atoms with E-state index in [-0.39, 0.29) is 0 Å². The van der Waals surface area contributed by atoms with Crippen molar-refractivity contribution in [3.05, 3.63) is 29.8 Å². The Balaban J connectivity index is 2.05. The van der Waals surface area contributed by atoms with E-state index in [4.69, 9.17) is 9.73 Å². The van der Waals surface area contributed by atoms with E-state index in [0.29, 0.717) is 6.04 Å². The summed E-state index contributed by atoms with van der Waals surface area (Å²) in [5.41, 5.74) is 1.16. The minimum atomic E-state index is 0.465. The fourth-order valence-electron chi connectivity index (χ4n) is 3.12. The van der Waals surface area contributed by atoms with Crippen LogP contribution < -0.4 is 10.1 Å². The number of guanidine groups is 1. The summed E-state index contributed by atoms with van der Waals surface area (Å²) in [5, 5.41) is 3.41. The monoisotopic (exact) mass is 347 g/mol. The van der Waals surface area contributed by atoms with E-state index in [9.17, 15) is 0 Å². The first-order chi connectivity index (χ1) is 12.0. The standard InChI is InChI=1S/C19H33N5O/c1-6-20-19(21-13-17-15-22(2)11-12-23(17)3)24(4)14-16-9-7-8-10-18(16)25-5/h7-10,17H,6,11-15H2,1-5H3,(H,20,21). The second kappa shape index (κ2) is 9.63. The second-order valence-corrected chi connectivity index (χ2v) is 6.76. The smallest absolute Gasteiger partial charge is 0.194 e. The summed E-state index contributed by atoms with van der Waals surface area (Å²) in [6.45, 7) is 7.82. The largest absolute Gasteiger partial charge is 0.496 e. The molecule has 0 bridgehead atoms. The molecule has 0 amide bonds. The molecule has 0 spiro atoms. The van der Waals surface area contributed by atoms with Crippen LogP contribution in [-0.4, -0.2) is 87.7 Å². The molecule has 0 radical (unpaired) electrons. The number of nitrogens with zero attached hydrogens (tertiary/aromatic N) is 4. The zero-order valence-corrected chi connectivity index (χ0v) is 16.3. The van der Waals surface area contributed by atoms with Gasteiger partial charge in [0.1, 0.15) is 5.75 Å². The first kappa shape index (κ1) is 19.5. The predicted octanol–water partition coefficient (Wildman–Crippen LogP) is 1.34. The maximum absolute atomic E-state index is 5.47. The predicted molar refractivity (Wildman–Crippen MR) is 104 cm³/mol. The van der Waals surface area contributed by atoms with Crippen LogP contribution in [0.15, 0.2) is 29.3 Å². The van der Waals surface area contributed by atoms with Crippen LogP contribution in [0.4, 0.5) is 0 Å². The number of hydrogen-bond acceptors (Lipinski definition) is 4. The second-order valence-electron chi connectivity index (χ2n) is 6.76. The van der Waals surface area contributed by atoms with Gasteiger partial charge in [-0.2, -0.15) is 0 Å². The van der Waals surface area contributed by atoms with Gasteiger partial charge in [-0.15, -0.1) is 0 Å². The Kier molecular flexibility index (Phi) is 7.52. The lowest BCUT2D eigenvalue weighted by Crippen LogP contribution is -2.51. The Morgan fingerprint density at radius 3 is 2.80 bits per heavy atom. The zero-order valence-electron chi connectivity index (χ0n) is 16.3. The summed E-state index contributed by atoms with van der Waals surface area (Å²) in [7, 11) is 8.17. The topological polar surface area (TPSA) is 43.3 Å². The zero-order chi connectivity index (χ0) is 18.2. The summed E-state index contributed by atoms with van der Waals surface area (Å²) in [6, 6.07) is 8.61.